The third kappa shape index (κ3) is 8.22. The highest BCUT2D eigenvalue weighted by Crippen LogP contribution is 1.98. The number of aliphatic hydroxyl groups excluding tert-OH is 2. The molecule has 0 aromatic heterocycles. The molecule has 0 spiro atoms. The Balaban J connectivity index is 3.29. The van der Waals surface area contributed by atoms with Crippen molar-refractivity contribution in [3.63, 3.8) is 0 Å². The van der Waals surface area contributed by atoms with E-state index in [1.807, 2.05) is 0 Å². The molecule has 0 aliphatic heterocycles. The average Bonchev–Trinajstić information content (AvgIpc) is 2.12. The van der Waals surface area contributed by atoms with E-state index in [4.69, 9.17) is 5.11 Å². The lowest BCUT2D eigenvalue weighted by atomic mass is 10.1. The van der Waals surface area contributed by atoms with E-state index in [9.17, 15) is 5.11 Å². The van der Waals surface area contributed by atoms with Gasteiger partial charge in [0.1, 0.15) is 0 Å². The molecule has 0 saturated heterocycles. The van der Waals surface area contributed by atoms with Gasteiger partial charge in [-0.3, -0.25) is 0 Å². The van der Waals surface area contributed by atoms with Crippen molar-refractivity contribution in [2.24, 2.45) is 0 Å². The van der Waals surface area contributed by atoms with Crippen LogP contribution in [0.25, 0.3) is 0 Å². The van der Waals surface area contributed by atoms with Gasteiger partial charge in [-0.1, -0.05) is 13.3 Å². The van der Waals surface area contributed by atoms with E-state index in [0.29, 0.717) is 12.6 Å². The SMILES string of the molecule is CCCC(O)CNC(C)CCCO. The van der Waals surface area contributed by atoms with Crippen LogP contribution >= 0.6 is 0 Å². The summed E-state index contributed by atoms with van der Waals surface area (Å²) in [5.41, 5.74) is 0. The second-order valence-electron chi connectivity index (χ2n) is 3.62. The van der Waals surface area contributed by atoms with Crippen molar-refractivity contribution < 1.29 is 10.2 Å². The van der Waals surface area contributed by atoms with E-state index >= 15 is 0 Å². The standard InChI is InChI=1S/C10H23NO2/c1-3-5-10(13)8-11-9(2)6-4-7-12/h9-13H,3-8H2,1-2H3. The van der Waals surface area contributed by atoms with Gasteiger partial charge in [0, 0.05) is 19.2 Å². The summed E-state index contributed by atoms with van der Waals surface area (Å²) in [6.45, 7) is 5.07. The average molecular weight is 189 g/mol. The fraction of sp³-hybridized carbons (Fsp3) is 1.00. The Morgan fingerprint density at radius 3 is 2.54 bits per heavy atom. The molecular weight excluding hydrogens is 166 g/mol. The first-order valence-corrected chi connectivity index (χ1v) is 5.23. The van der Waals surface area contributed by atoms with Crippen LogP contribution < -0.4 is 5.32 Å². The predicted molar refractivity (Wildman–Crippen MR) is 54.7 cm³/mol. The zero-order valence-electron chi connectivity index (χ0n) is 8.79. The number of aliphatic hydroxyl groups is 2. The molecule has 2 unspecified atom stereocenters. The second kappa shape index (κ2) is 8.48. The third-order valence-electron chi connectivity index (χ3n) is 2.12. The second-order valence-corrected chi connectivity index (χ2v) is 3.62. The van der Waals surface area contributed by atoms with Gasteiger partial charge in [-0.15, -0.1) is 0 Å². The Morgan fingerprint density at radius 1 is 1.31 bits per heavy atom. The number of nitrogens with one attached hydrogen (secondary N) is 1. The van der Waals surface area contributed by atoms with Crippen molar-refractivity contribution in [2.45, 2.75) is 51.7 Å². The van der Waals surface area contributed by atoms with E-state index < -0.39 is 0 Å². The lowest BCUT2D eigenvalue weighted by Gasteiger charge is -2.16. The Morgan fingerprint density at radius 2 is 2.00 bits per heavy atom. The van der Waals surface area contributed by atoms with Crippen LogP contribution in [0.1, 0.15) is 39.5 Å². The van der Waals surface area contributed by atoms with Crippen LogP contribution in [0.2, 0.25) is 0 Å². The lowest BCUT2D eigenvalue weighted by molar-refractivity contribution is 0.155. The number of hydrogen-bond donors (Lipinski definition) is 3. The van der Waals surface area contributed by atoms with E-state index in [1.54, 1.807) is 0 Å². The van der Waals surface area contributed by atoms with Crippen LogP contribution in [0, 0.1) is 0 Å². The van der Waals surface area contributed by atoms with E-state index in [1.165, 1.54) is 0 Å². The molecule has 0 aromatic rings. The van der Waals surface area contributed by atoms with Gasteiger partial charge in [0.15, 0.2) is 0 Å². The summed E-state index contributed by atoms with van der Waals surface area (Å²) >= 11 is 0. The first-order chi connectivity index (χ1) is 6.20. The highest BCUT2D eigenvalue weighted by atomic mass is 16.3. The lowest BCUT2D eigenvalue weighted by Crippen LogP contribution is -2.33. The molecule has 0 amide bonds. The fourth-order valence-corrected chi connectivity index (χ4v) is 1.27. The molecule has 3 N–H and O–H groups in total. The zero-order valence-corrected chi connectivity index (χ0v) is 8.79. The molecule has 0 saturated carbocycles. The van der Waals surface area contributed by atoms with Gasteiger partial charge in [0.2, 0.25) is 0 Å². The molecule has 0 fully saturated rings. The molecule has 0 heterocycles. The monoisotopic (exact) mass is 189 g/mol. The summed E-state index contributed by atoms with van der Waals surface area (Å²) in [5, 5.41) is 21.3. The van der Waals surface area contributed by atoms with Gasteiger partial charge < -0.3 is 15.5 Å². The van der Waals surface area contributed by atoms with E-state index in [-0.39, 0.29) is 12.7 Å². The first-order valence-electron chi connectivity index (χ1n) is 5.23. The van der Waals surface area contributed by atoms with E-state index in [2.05, 4.69) is 19.2 Å². The molecule has 3 heteroatoms. The fourth-order valence-electron chi connectivity index (χ4n) is 1.27. The molecule has 0 aliphatic rings. The van der Waals surface area contributed by atoms with Gasteiger partial charge in [-0.05, 0) is 26.2 Å². The minimum Gasteiger partial charge on any atom is -0.396 e. The smallest absolute Gasteiger partial charge is 0.0664 e. The summed E-state index contributed by atoms with van der Waals surface area (Å²) in [6.07, 6.45) is 3.46. The van der Waals surface area contributed by atoms with Crippen LogP contribution in [0.3, 0.4) is 0 Å². The molecule has 13 heavy (non-hydrogen) atoms. The highest BCUT2D eigenvalue weighted by molar-refractivity contribution is 4.64. The first kappa shape index (κ1) is 12.9. The molecule has 0 aliphatic carbocycles. The number of rotatable bonds is 8. The van der Waals surface area contributed by atoms with Crippen molar-refractivity contribution in [1.82, 2.24) is 5.32 Å². The summed E-state index contributed by atoms with van der Waals surface area (Å²) < 4.78 is 0. The molecule has 0 bridgehead atoms. The third-order valence-corrected chi connectivity index (χ3v) is 2.12. The van der Waals surface area contributed by atoms with Crippen molar-refractivity contribution >= 4 is 0 Å². The van der Waals surface area contributed by atoms with Crippen LogP contribution in [0.4, 0.5) is 0 Å². The van der Waals surface area contributed by atoms with Crippen LogP contribution in [0.5, 0.6) is 0 Å². The Kier molecular flexibility index (Phi) is 8.40. The molecule has 2 atom stereocenters. The Hall–Kier alpha value is -0.120. The topological polar surface area (TPSA) is 52.5 Å². The van der Waals surface area contributed by atoms with Crippen molar-refractivity contribution in [3.05, 3.63) is 0 Å². The van der Waals surface area contributed by atoms with E-state index in [0.717, 1.165) is 25.7 Å². The van der Waals surface area contributed by atoms with Crippen molar-refractivity contribution in [1.29, 1.82) is 0 Å². The molecular formula is C10H23NO2. The molecule has 0 aromatic carbocycles. The minimum absolute atomic E-state index is 0.221. The maximum atomic E-state index is 9.41. The summed E-state index contributed by atoms with van der Waals surface area (Å²) in [6, 6.07) is 0.388. The minimum atomic E-state index is -0.221. The highest BCUT2D eigenvalue weighted by Gasteiger charge is 2.05. The normalized spacial score (nSPS) is 15.7. The Bertz CT molecular complexity index is 109. The van der Waals surface area contributed by atoms with Crippen molar-refractivity contribution in [3.8, 4) is 0 Å². The van der Waals surface area contributed by atoms with Crippen molar-refractivity contribution in [2.75, 3.05) is 13.2 Å². The molecule has 0 rings (SSSR count). The van der Waals surface area contributed by atoms with Gasteiger partial charge in [0.25, 0.3) is 0 Å². The maximum absolute atomic E-state index is 9.41. The largest absolute Gasteiger partial charge is 0.396 e. The summed E-state index contributed by atoms with van der Waals surface area (Å²) in [4.78, 5) is 0. The molecule has 80 valence electrons. The van der Waals surface area contributed by atoms with Gasteiger partial charge >= 0.3 is 0 Å². The zero-order chi connectivity index (χ0) is 10.1. The maximum Gasteiger partial charge on any atom is 0.0664 e. The predicted octanol–water partition coefficient (Wildman–Crippen LogP) is 0.898. The Labute approximate surface area is 81.2 Å². The quantitative estimate of drug-likeness (QED) is 0.532. The van der Waals surface area contributed by atoms with Gasteiger partial charge in [-0.2, -0.15) is 0 Å². The molecule has 0 radical (unpaired) electrons. The van der Waals surface area contributed by atoms with Crippen LogP contribution in [0.15, 0.2) is 0 Å². The molecule has 3 nitrogen and oxygen atoms in total. The summed E-state index contributed by atoms with van der Waals surface area (Å²) in [7, 11) is 0. The van der Waals surface area contributed by atoms with Crippen LogP contribution in [-0.4, -0.2) is 35.5 Å². The van der Waals surface area contributed by atoms with Gasteiger partial charge in [-0.25, -0.2) is 0 Å². The van der Waals surface area contributed by atoms with Gasteiger partial charge in [0.05, 0.1) is 6.10 Å². The summed E-state index contributed by atoms with van der Waals surface area (Å²) in [5.74, 6) is 0. The van der Waals surface area contributed by atoms with Crippen LogP contribution in [-0.2, 0) is 0 Å². The number of hydrogen-bond acceptors (Lipinski definition) is 3.